The fourth-order valence-corrected chi connectivity index (χ4v) is 10.7. The van der Waals surface area contributed by atoms with Gasteiger partial charge in [-0.2, -0.15) is 33.7 Å². The number of alkyl halides is 5. The first-order chi connectivity index (χ1) is 23.9. The molecule has 6 atom stereocenters. The molecule has 3 fully saturated rings. The second kappa shape index (κ2) is 16.2. The minimum Gasteiger partial charge on any atom is -0.462 e. The quantitative estimate of drug-likeness (QED) is 0.0730. The number of thioether (sulfide) groups is 1. The molecule has 0 aromatic heterocycles. The van der Waals surface area contributed by atoms with E-state index >= 15 is 0 Å². The standard InChI is InChI=1S/C40H60BF5O4S/c1-27(47)48-34-19-18-33-35-28(15-12-10-8-7-9-11-13-23-51-24-14-21-39(42,43)40(44,45)46)25-29-26-30(41-49-36(2,3)37(4,5)50-41)16-17-31(29)32(35)20-22-38(33,34)6/h16-17,26,28,32-35H,7-15,18-25H2,1-6H3/t28-,32-,33+,34+,35-,38+/m1/s1. The van der Waals surface area contributed by atoms with E-state index in [9.17, 15) is 26.7 Å². The van der Waals surface area contributed by atoms with Gasteiger partial charge in [0, 0.05) is 18.8 Å². The van der Waals surface area contributed by atoms with E-state index in [-0.39, 0.29) is 42.2 Å². The summed E-state index contributed by atoms with van der Waals surface area (Å²) in [5.41, 5.74) is 3.28. The van der Waals surface area contributed by atoms with Crippen molar-refractivity contribution >= 4 is 30.3 Å². The molecular formula is C40H60BF5O4S. The second-order valence-electron chi connectivity index (χ2n) is 17.2. The lowest BCUT2D eigenvalue weighted by molar-refractivity contribution is -0.284. The highest BCUT2D eigenvalue weighted by molar-refractivity contribution is 7.99. The average Bonchev–Trinajstić information content (AvgIpc) is 3.48. The van der Waals surface area contributed by atoms with Crippen LogP contribution in [-0.4, -0.2) is 54.0 Å². The zero-order valence-corrected chi connectivity index (χ0v) is 32.5. The van der Waals surface area contributed by atoms with Crippen molar-refractivity contribution in [3.8, 4) is 0 Å². The molecule has 1 aromatic rings. The van der Waals surface area contributed by atoms with Crippen LogP contribution >= 0.6 is 11.8 Å². The SMILES string of the molecule is CC(=O)O[C@H]1CC[C@H]2[C@@H]3[C@H](CCCCCCCCCSCCCC(F)(F)C(F)(F)F)Cc4cc(B5OC(C)(C)C(C)(C)O5)ccc4[C@H]3CC[C@]12C. The van der Waals surface area contributed by atoms with Gasteiger partial charge in [-0.3, -0.25) is 4.79 Å². The molecule has 1 heterocycles. The summed E-state index contributed by atoms with van der Waals surface area (Å²) >= 11 is 1.47. The largest absolute Gasteiger partial charge is 0.494 e. The number of halogens is 5. The predicted octanol–water partition coefficient (Wildman–Crippen LogP) is 10.8. The van der Waals surface area contributed by atoms with E-state index in [2.05, 4.69) is 52.8 Å². The molecular weight excluding hydrogens is 682 g/mol. The first-order valence-corrected chi connectivity index (χ1v) is 20.7. The Morgan fingerprint density at radius 2 is 1.51 bits per heavy atom. The van der Waals surface area contributed by atoms with Crippen molar-refractivity contribution in [3.05, 3.63) is 29.3 Å². The molecule has 5 rings (SSSR count). The van der Waals surface area contributed by atoms with Crippen LogP contribution in [0, 0.1) is 23.2 Å². The van der Waals surface area contributed by atoms with E-state index < -0.39 is 18.5 Å². The van der Waals surface area contributed by atoms with E-state index in [0.717, 1.165) is 69.0 Å². The van der Waals surface area contributed by atoms with E-state index in [1.165, 1.54) is 55.5 Å². The molecule has 4 aliphatic rings. The Balaban J connectivity index is 1.13. The maximum absolute atomic E-state index is 13.0. The van der Waals surface area contributed by atoms with Crippen molar-refractivity contribution in [2.45, 2.75) is 173 Å². The minimum absolute atomic E-state index is 0.00581. The minimum atomic E-state index is -5.45. The maximum atomic E-state index is 13.0. The third-order valence-electron chi connectivity index (χ3n) is 13.2. The lowest BCUT2D eigenvalue weighted by Crippen LogP contribution is -2.48. The van der Waals surface area contributed by atoms with Gasteiger partial charge in [0.1, 0.15) is 6.10 Å². The number of hydrogen-bond acceptors (Lipinski definition) is 5. The molecule has 0 N–H and O–H groups in total. The van der Waals surface area contributed by atoms with Gasteiger partial charge in [0.25, 0.3) is 0 Å². The molecule has 1 saturated heterocycles. The van der Waals surface area contributed by atoms with Crippen molar-refractivity contribution in [1.29, 1.82) is 0 Å². The van der Waals surface area contributed by atoms with Gasteiger partial charge in [-0.15, -0.1) is 0 Å². The smallest absolute Gasteiger partial charge is 0.462 e. The van der Waals surface area contributed by atoms with Crippen molar-refractivity contribution in [2.24, 2.45) is 23.2 Å². The van der Waals surface area contributed by atoms with Gasteiger partial charge < -0.3 is 14.0 Å². The van der Waals surface area contributed by atoms with Gasteiger partial charge in [-0.05, 0) is 131 Å². The highest BCUT2D eigenvalue weighted by Crippen LogP contribution is 2.63. The van der Waals surface area contributed by atoms with Crippen LogP contribution in [0.5, 0.6) is 0 Å². The van der Waals surface area contributed by atoms with Crippen LogP contribution in [-0.2, 0) is 25.3 Å². The number of carbonyl (C=O) groups is 1. The fraction of sp³-hybridized carbons (Fsp3) is 0.825. The molecule has 1 aromatic carbocycles. The molecule has 1 aliphatic heterocycles. The van der Waals surface area contributed by atoms with Crippen molar-refractivity contribution in [2.75, 3.05) is 11.5 Å². The van der Waals surface area contributed by atoms with Crippen LogP contribution in [0.1, 0.15) is 148 Å². The molecule has 288 valence electrons. The normalized spacial score (nSPS) is 29.8. The molecule has 11 heteroatoms. The van der Waals surface area contributed by atoms with E-state index in [1.54, 1.807) is 0 Å². The summed E-state index contributed by atoms with van der Waals surface area (Å²) in [7, 11) is -0.375. The second-order valence-corrected chi connectivity index (χ2v) is 18.4. The molecule has 2 saturated carbocycles. The summed E-state index contributed by atoms with van der Waals surface area (Å²) in [6.07, 6.45) is 7.67. The molecule has 0 bridgehead atoms. The average molecular weight is 743 g/mol. The number of benzene rings is 1. The number of carbonyl (C=O) groups excluding carboxylic acids is 1. The highest BCUT2D eigenvalue weighted by Gasteiger charge is 2.59. The molecule has 0 unspecified atom stereocenters. The summed E-state index contributed by atoms with van der Waals surface area (Å²) in [6, 6.07) is 6.94. The van der Waals surface area contributed by atoms with Crippen molar-refractivity contribution < 1.29 is 40.8 Å². The fourth-order valence-electron chi connectivity index (χ4n) is 9.70. The van der Waals surface area contributed by atoms with E-state index in [0.29, 0.717) is 29.4 Å². The van der Waals surface area contributed by atoms with Crippen molar-refractivity contribution in [3.63, 3.8) is 0 Å². The van der Waals surface area contributed by atoms with Gasteiger partial charge in [0.05, 0.1) is 11.2 Å². The summed E-state index contributed by atoms with van der Waals surface area (Å²) in [4.78, 5) is 12.0. The first-order valence-electron chi connectivity index (χ1n) is 19.5. The number of fused-ring (bicyclic) bond motifs is 5. The van der Waals surface area contributed by atoms with Crippen molar-refractivity contribution in [1.82, 2.24) is 0 Å². The molecule has 3 aliphatic carbocycles. The number of unbranched alkanes of at least 4 members (excludes halogenated alkanes) is 6. The Bertz CT molecular complexity index is 1320. The van der Waals surface area contributed by atoms with Crippen LogP contribution in [0.3, 0.4) is 0 Å². The van der Waals surface area contributed by atoms with Gasteiger partial charge >= 0.3 is 25.2 Å². The Labute approximate surface area is 307 Å². The van der Waals surface area contributed by atoms with E-state index in [4.69, 9.17) is 14.0 Å². The Morgan fingerprint density at radius 1 is 0.882 bits per heavy atom. The lowest BCUT2D eigenvalue weighted by Gasteiger charge is -2.53. The predicted molar refractivity (Wildman–Crippen MR) is 196 cm³/mol. The lowest BCUT2D eigenvalue weighted by atomic mass is 9.51. The third kappa shape index (κ3) is 9.15. The number of ether oxygens (including phenoxy) is 1. The summed E-state index contributed by atoms with van der Waals surface area (Å²) in [6.45, 7) is 12.3. The molecule has 0 radical (unpaired) electrons. The summed E-state index contributed by atoms with van der Waals surface area (Å²) in [5.74, 6) is -1.41. The molecule has 4 nitrogen and oxygen atoms in total. The van der Waals surface area contributed by atoms with Gasteiger partial charge in [0.2, 0.25) is 0 Å². The van der Waals surface area contributed by atoms with Gasteiger partial charge in [-0.25, -0.2) is 0 Å². The zero-order valence-electron chi connectivity index (χ0n) is 31.6. The first kappa shape index (κ1) is 40.9. The highest BCUT2D eigenvalue weighted by atomic mass is 32.2. The monoisotopic (exact) mass is 742 g/mol. The van der Waals surface area contributed by atoms with Crippen LogP contribution in [0.4, 0.5) is 22.0 Å². The number of esters is 1. The molecule has 51 heavy (non-hydrogen) atoms. The van der Waals surface area contributed by atoms with E-state index in [1.807, 2.05) is 0 Å². The Kier molecular flexibility index (Phi) is 13.0. The van der Waals surface area contributed by atoms with Crippen LogP contribution in [0.15, 0.2) is 18.2 Å². The van der Waals surface area contributed by atoms with Gasteiger partial charge in [0.15, 0.2) is 0 Å². The molecule has 0 spiro atoms. The maximum Gasteiger partial charge on any atom is 0.494 e. The number of rotatable bonds is 16. The summed E-state index contributed by atoms with van der Waals surface area (Å²) < 4.78 is 81.8. The number of hydrogen-bond donors (Lipinski definition) is 0. The zero-order chi connectivity index (χ0) is 37.2. The Hall–Kier alpha value is -1.33. The summed E-state index contributed by atoms with van der Waals surface area (Å²) in [5, 5.41) is 0. The third-order valence-corrected chi connectivity index (χ3v) is 14.4. The van der Waals surface area contributed by atoms with Crippen LogP contribution < -0.4 is 5.46 Å². The Morgan fingerprint density at radius 3 is 2.16 bits per heavy atom. The topological polar surface area (TPSA) is 44.8 Å². The van der Waals surface area contributed by atoms with Gasteiger partial charge in [-0.1, -0.05) is 63.6 Å². The molecule has 0 amide bonds. The van der Waals surface area contributed by atoms with Crippen LogP contribution in [0.25, 0.3) is 0 Å². The van der Waals surface area contributed by atoms with Crippen LogP contribution in [0.2, 0.25) is 0 Å².